The number of methoxy groups -OCH3 is 1. The summed E-state index contributed by atoms with van der Waals surface area (Å²) in [5.41, 5.74) is 0.972. The van der Waals surface area contributed by atoms with Gasteiger partial charge in [0.15, 0.2) is 0 Å². The summed E-state index contributed by atoms with van der Waals surface area (Å²) < 4.78 is 11.8. The summed E-state index contributed by atoms with van der Waals surface area (Å²) in [5.74, 6) is 1.63. The van der Waals surface area contributed by atoms with Crippen LogP contribution in [-0.4, -0.2) is 43.0 Å². The van der Waals surface area contributed by atoms with Gasteiger partial charge in [-0.25, -0.2) is 0 Å². The van der Waals surface area contributed by atoms with E-state index in [2.05, 4.69) is 21.2 Å². The Balaban J connectivity index is 1.96. The number of ether oxygens (including phenoxy) is 2. The molecule has 0 aromatic heterocycles. The summed E-state index contributed by atoms with van der Waals surface area (Å²) in [4.78, 5) is 27.4. The largest absolute Gasteiger partial charge is 0.497 e. The van der Waals surface area contributed by atoms with Crippen LogP contribution in [0.15, 0.2) is 53.0 Å². The number of amides is 2. The van der Waals surface area contributed by atoms with Crippen LogP contribution in [-0.2, 0) is 16.1 Å². The van der Waals surface area contributed by atoms with Crippen molar-refractivity contribution >= 4 is 27.7 Å². The van der Waals surface area contributed by atoms with Gasteiger partial charge in [-0.05, 0) is 61.2 Å². The second kappa shape index (κ2) is 13.1. The van der Waals surface area contributed by atoms with Crippen LogP contribution in [0, 0.1) is 5.92 Å². The third-order valence-corrected chi connectivity index (χ3v) is 5.51. The lowest BCUT2D eigenvalue weighted by Gasteiger charge is -2.29. The Hall–Kier alpha value is -2.54. The van der Waals surface area contributed by atoms with Crippen molar-refractivity contribution in [3.05, 3.63) is 58.6 Å². The Morgan fingerprint density at radius 3 is 2.22 bits per heavy atom. The molecule has 0 aliphatic rings. The predicted molar refractivity (Wildman–Crippen MR) is 130 cm³/mol. The number of hydrogen-bond acceptors (Lipinski definition) is 4. The van der Waals surface area contributed by atoms with Gasteiger partial charge in [-0.3, -0.25) is 9.59 Å². The Morgan fingerprint density at radius 2 is 1.62 bits per heavy atom. The SMILES string of the molecule is COc1ccc(OCCCC(=O)N(Cc2ccc(Br)cc2)[C@H](C)C(=O)NCC(C)C)cc1. The van der Waals surface area contributed by atoms with Crippen LogP contribution in [0.3, 0.4) is 0 Å². The molecule has 0 saturated carbocycles. The maximum absolute atomic E-state index is 13.1. The van der Waals surface area contributed by atoms with E-state index in [-0.39, 0.29) is 11.8 Å². The Kier molecular flexibility index (Phi) is 10.5. The molecule has 0 heterocycles. The zero-order valence-electron chi connectivity index (χ0n) is 19.3. The molecule has 7 heteroatoms. The minimum absolute atomic E-state index is 0.0709. The van der Waals surface area contributed by atoms with Crippen LogP contribution in [0.1, 0.15) is 39.2 Å². The number of carbonyl (C=O) groups is 2. The quantitative estimate of drug-likeness (QED) is 0.421. The van der Waals surface area contributed by atoms with Crippen LogP contribution in [0.5, 0.6) is 11.5 Å². The minimum atomic E-state index is -0.563. The smallest absolute Gasteiger partial charge is 0.242 e. The summed E-state index contributed by atoms with van der Waals surface area (Å²) in [5, 5.41) is 2.93. The van der Waals surface area contributed by atoms with Crippen LogP contribution in [0.4, 0.5) is 0 Å². The van der Waals surface area contributed by atoms with Crippen LogP contribution < -0.4 is 14.8 Å². The Bertz CT molecular complexity index is 853. The maximum Gasteiger partial charge on any atom is 0.242 e. The lowest BCUT2D eigenvalue weighted by atomic mass is 10.1. The van der Waals surface area contributed by atoms with Crippen molar-refractivity contribution in [3.8, 4) is 11.5 Å². The van der Waals surface area contributed by atoms with Gasteiger partial charge in [0.05, 0.1) is 13.7 Å². The molecule has 0 unspecified atom stereocenters. The molecule has 6 nitrogen and oxygen atoms in total. The van der Waals surface area contributed by atoms with Gasteiger partial charge in [-0.1, -0.05) is 41.9 Å². The summed E-state index contributed by atoms with van der Waals surface area (Å²) in [7, 11) is 1.62. The molecular formula is C25H33BrN2O4. The van der Waals surface area contributed by atoms with Crippen molar-refractivity contribution in [2.75, 3.05) is 20.3 Å². The topological polar surface area (TPSA) is 67.9 Å². The highest BCUT2D eigenvalue weighted by molar-refractivity contribution is 9.10. The lowest BCUT2D eigenvalue weighted by Crippen LogP contribution is -2.48. The number of nitrogens with zero attached hydrogens (tertiary/aromatic N) is 1. The zero-order valence-corrected chi connectivity index (χ0v) is 20.9. The van der Waals surface area contributed by atoms with Gasteiger partial charge in [0.1, 0.15) is 17.5 Å². The van der Waals surface area contributed by atoms with Gasteiger partial charge < -0.3 is 19.7 Å². The van der Waals surface area contributed by atoms with Gasteiger partial charge in [0, 0.05) is 24.0 Å². The van der Waals surface area contributed by atoms with Gasteiger partial charge in [-0.2, -0.15) is 0 Å². The molecule has 1 N–H and O–H groups in total. The molecule has 0 saturated heterocycles. The van der Waals surface area contributed by atoms with Crippen molar-refractivity contribution in [2.45, 2.75) is 46.2 Å². The molecule has 0 fully saturated rings. The van der Waals surface area contributed by atoms with E-state index in [0.717, 1.165) is 21.5 Å². The molecule has 32 heavy (non-hydrogen) atoms. The Labute approximate surface area is 199 Å². The predicted octanol–water partition coefficient (Wildman–Crippen LogP) is 4.81. The van der Waals surface area contributed by atoms with Gasteiger partial charge >= 0.3 is 0 Å². The van der Waals surface area contributed by atoms with Crippen molar-refractivity contribution in [2.24, 2.45) is 5.92 Å². The van der Waals surface area contributed by atoms with Crippen LogP contribution in [0.25, 0.3) is 0 Å². The molecule has 2 amide bonds. The lowest BCUT2D eigenvalue weighted by molar-refractivity contribution is -0.140. The first-order valence-corrected chi connectivity index (χ1v) is 11.7. The molecule has 1 atom stereocenters. The fourth-order valence-corrected chi connectivity index (χ4v) is 3.31. The number of benzene rings is 2. The molecule has 0 radical (unpaired) electrons. The molecule has 2 aromatic carbocycles. The minimum Gasteiger partial charge on any atom is -0.497 e. The highest BCUT2D eigenvalue weighted by Crippen LogP contribution is 2.18. The van der Waals surface area contributed by atoms with E-state index >= 15 is 0 Å². The van der Waals surface area contributed by atoms with Crippen molar-refractivity contribution < 1.29 is 19.1 Å². The number of carbonyl (C=O) groups excluding carboxylic acids is 2. The third-order valence-electron chi connectivity index (χ3n) is 4.98. The summed E-state index contributed by atoms with van der Waals surface area (Å²) >= 11 is 3.43. The van der Waals surface area contributed by atoms with E-state index in [4.69, 9.17) is 9.47 Å². The van der Waals surface area contributed by atoms with Crippen LogP contribution in [0.2, 0.25) is 0 Å². The van der Waals surface area contributed by atoms with Crippen molar-refractivity contribution in [3.63, 3.8) is 0 Å². The van der Waals surface area contributed by atoms with Gasteiger partial charge in [0.2, 0.25) is 11.8 Å². The van der Waals surface area contributed by atoms with Crippen molar-refractivity contribution in [1.29, 1.82) is 0 Å². The first kappa shape index (κ1) is 25.7. The first-order chi connectivity index (χ1) is 15.3. The maximum atomic E-state index is 13.1. The van der Waals surface area contributed by atoms with Gasteiger partial charge in [0.25, 0.3) is 0 Å². The number of hydrogen-bond donors (Lipinski definition) is 1. The van der Waals surface area contributed by atoms with E-state index in [0.29, 0.717) is 38.5 Å². The second-order valence-corrected chi connectivity index (χ2v) is 9.01. The molecule has 0 aliphatic heterocycles. The number of rotatable bonds is 12. The van der Waals surface area contributed by atoms with Crippen LogP contribution >= 0.6 is 15.9 Å². The number of nitrogens with one attached hydrogen (secondary N) is 1. The molecule has 2 rings (SSSR count). The highest BCUT2D eigenvalue weighted by Gasteiger charge is 2.25. The fourth-order valence-electron chi connectivity index (χ4n) is 3.05. The summed E-state index contributed by atoms with van der Waals surface area (Å²) in [6.07, 6.45) is 0.858. The molecular weight excluding hydrogens is 472 g/mol. The standard InChI is InChI=1S/C25H33BrN2O4/c1-18(2)16-27-25(30)19(3)28(17-20-7-9-21(26)10-8-20)24(29)6-5-15-32-23-13-11-22(31-4)12-14-23/h7-14,18-19H,5-6,15-17H2,1-4H3,(H,27,30)/t19-/m1/s1. The average molecular weight is 505 g/mol. The van der Waals surface area contributed by atoms with E-state index in [9.17, 15) is 9.59 Å². The third kappa shape index (κ3) is 8.54. The highest BCUT2D eigenvalue weighted by atomic mass is 79.9. The summed E-state index contributed by atoms with van der Waals surface area (Å²) in [6, 6.07) is 14.5. The average Bonchev–Trinajstić information content (AvgIpc) is 2.79. The van der Waals surface area contributed by atoms with E-state index < -0.39 is 6.04 Å². The summed E-state index contributed by atoms with van der Waals surface area (Å²) in [6.45, 7) is 7.23. The van der Waals surface area contributed by atoms with Gasteiger partial charge in [-0.15, -0.1) is 0 Å². The molecule has 0 aliphatic carbocycles. The molecule has 0 bridgehead atoms. The normalized spacial score (nSPS) is 11.7. The molecule has 0 spiro atoms. The number of halogens is 1. The van der Waals surface area contributed by atoms with E-state index in [1.165, 1.54) is 0 Å². The monoisotopic (exact) mass is 504 g/mol. The van der Waals surface area contributed by atoms with E-state index in [1.54, 1.807) is 18.9 Å². The van der Waals surface area contributed by atoms with E-state index in [1.807, 2.05) is 62.4 Å². The molecule has 174 valence electrons. The molecule has 2 aromatic rings. The first-order valence-electron chi connectivity index (χ1n) is 10.9. The second-order valence-electron chi connectivity index (χ2n) is 8.09. The Morgan fingerprint density at radius 1 is 1.00 bits per heavy atom. The zero-order chi connectivity index (χ0) is 23.5. The van der Waals surface area contributed by atoms with Crippen molar-refractivity contribution in [1.82, 2.24) is 10.2 Å². The fraction of sp³-hybridized carbons (Fsp3) is 0.440.